The Balaban J connectivity index is 1.76. The predicted molar refractivity (Wildman–Crippen MR) is 105 cm³/mol. The number of hydrogen-bond acceptors (Lipinski definition) is 4. The summed E-state index contributed by atoms with van der Waals surface area (Å²) in [5, 5.41) is 3.19. The molecule has 2 aromatic carbocycles. The van der Waals surface area contributed by atoms with Gasteiger partial charge in [-0.1, -0.05) is 48.5 Å². The number of benzene rings is 2. The molecule has 3 rings (SSSR count). The average Bonchev–Trinajstić information content (AvgIpc) is 2.69. The van der Waals surface area contributed by atoms with Crippen LogP contribution in [-0.2, 0) is 16.6 Å². The molecule has 0 amide bonds. The second-order valence-electron chi connectivity index (χ2n) is 5.72. The fourth-order valence-electron chi connectivity index (χ4n) is 2.64. The third kappa shape index (κ3) is 4.03. The fourth-order valence-corrected chi connectivity index (χ4v) is 4.06. The normalized spacial score (nSPS) is 11.1. The summed E-state index contributed by atoms with van der Waals surface area (Å²) in [6.07, 6.45) is 1.40. The van der Waals surface area contributed by atoms with E-state index in [4.69, 9.17) is 0 Å². The summed E-state index contributed by atoms with van der Waals surface area (Å²) < 4.78 is 27.2. The maximum atomic E-state index is 12.9. The summed E-state index contributed by atoms with van der Waals surface area (Å²) in [6, 6.07) is 22.3. The highest BCUT2D eigenvalue weighted by Crippen LogP contribution is 2.23. The largest absolute Gasteiger partial charge is 0.366 e. The molecule has 5 nitrogen and oxygen atoms in total. The van der Waals surface area contributed by atoms with Gasteiger partial charge in [0.05, 0.1) is 5.69 Å². The topological polar surface area (TPSA) is 62.3 Å². The highest BCUT2D eigenvalue weighted by molar-refractivity contribution is 7.92. The minimum Gasteiger partial charge on any atom is -0.366 e. The average molecular weight is 367 g/mol. The molecule has 134 valence electrons. The smallest absolute Gasteiger partial charge is 0.265 e. The molecule has 1 aromatic heterocycles. The van der Waals surface area contributed by atoms with Gasteiger partial charge in [-0.15, -0.1) is 0 Å². The van der Waals surface area contributed by atoms with Gasteiger partial charge >= 0.3 is 0 Å². The zero-order chi connectivity index (χ0) is 18.4. The first kappa shape index (κ1) is 17.9. The molecule has 1 N–H and O–H groups in total. The summed E-state index contributed by atoms with van der Waals surface area (Å²) in [5.41, 5.74) is 1.77. The van der Waals surface area contributed by atoms with E-state index in [1.807, 2.05) is 55.5 Å². The molecule has 0 spiro atoms. The van der Waals surface area contributed by atoms with Crippen LogP contribution in [0.5, 0.6) is 0 Å². The SMILES string of the molecule is CCN(c1ccccc1)S(=O)(=O)c1ccc(NCc2ccccc2)nc1. The van der Waals surface area contributed by atoms with Crippen LogP contribution in [0.15, 0.2) is 83.9 Å². The Hall–Kier alpha value is -2.86. The van der Waals surface area contributed by atoms with Crippen LogP contribution in [-0.4, -0.2) is 19.9 Å². The summed E-state index contributed by atoms with van der Waals surface area (Å²) in [4.78, 5) is 4.43. The first-order chi connectivity index (χ1) is 12.6. The van der Waals surface area contributed by atoms with Gasteiger partial charge in [-0.05, 0) is 36.8 Å². The Morgan fingerprint density at radius 1 is 0.923 bits per heavy atom. The highest BCUT2D eigenvalue weighted by Gasteiger charge is 2.23. The number of pyridine rings is 1. The molecule has 0 atom stereocenters. The Bertz CT molecular complexity index is 928. The molecule has 0 radical (unpaired) electrons. The summed E-state index contributed by atoms with van der Waals surface area (Å²) >= 11 is 0. The molecule has 0 saturated heterocycles. The van der Waals surface area contributed by atoms with Crippen LogP contribution in [0.1, 0.15) is 12.5 Å². The summed E-state index contributed by atoms with van der Waals surface area (Å²) in [7, 11) is -3.64. The molecule has 0 unspecified atom stereocenters. The van der Waals surface area contributed by atoms with Gasteiger partial charge in [0, 0.05) is 19.3 Å². The Kier molecular flexibility index (Phi) is 5.53. The molecule has 0 aliphatic rings. The van der Waals surface area contributed by atoms with Crippen LogP contribution in [0, 0.1) is 0 Å². The van der Waals surface area contributed by atoms with Gasteiger partial charge in [0.1, 0.15) is 10.7 Å². The minimum atomic E-state index is -3.64. The lowest BCUT2D eigenvalue weighted by atomic mass is 10.2. The molecule has 0 aliphatic carbocycles. The Morgan fingerprint density at radius 3 is 2.15 bits per heavy atom. The highest BCUT2D eigenvalue weighted by atomic mass is 32.2. The van der Waals surface area contributed by atoms with Gasteiger partial charge < -0.3 is 5.32 Å². The van der Waals surface area contributed by atoms with Crippen molar-refractivity contribution in [3.63, 3.8) is 0 Å². The van der Waals surface area contributed by atoms with Crippen molar-refractivity contribution in [2.45, 2.75) is 18.4 Å². The van der Waals surface area contributed by atoms with Crippen molar-refractivity contribution in [3.8, 4) is 0 Å². The zero-order valence-corrected chi connectivity index (χ0v) is 15.4. The standard InChI is InChI=1S/C20H21N3O2S/c1-2-23(18-11-7-4-8-12-18)26(24,25)19-13-14-20(22-16-19)21-15-17-9-5-3-6-10-17/h3-14,16H,2,15H2,1H3,(H,21,22). The van der Waals surface area contributed by atoms with E-state index < -0.39 is 10.0 Å². The van der Waals surface area contributed by atoms with E-state index in [0.717, 1.165) is 5.56 Å². The monoisotopic (exact) mass is 367 g/mol. The molecular weight excluding hydrogens is 346 g/mol. The van der Waals surface area contributed by atoms with E-state index in [1.165, 1.54) is 10.5 Å². The number of hydrogen-bond donors (Lipinski definition) is 1. The van der Waals surface area contributed by atoms with Crippen molar-refractivity contribution in [1.82, 2.24) is 4.98 Å². The van der Waals surface area contributed by atoms with Gasteiger partial charge in [-0.3, -0.25) is 4.31 Å². The minimum absolute atomic E-state index is 0.175. The lowest BCUT2D eigenvalue weighted by Gasteiger charge is -2.22. The second kappa shape index (κ2) is 8.01. The molecule has 0 aliphatic heterocycles. The van der Waals surface area contributed by atoms with Crippen LogP contribution >= 0.6 is 0 Å². The van der Waals surface area contributed by atoms with Gasteiger partial charge in [0.25, 0.3) is 10.0 Å². The molecule has 0 saturated carbocycles. The molecular formula is C20H21N3O2S. The number of sulfonamides is 1. The van der Waals surface area contributed by atoms with Crippen LogP contribution in [0.25, 0.3) is 0 Å². The number of rotatable bonds is 7. The Morgan fingerprint density at radius 2 is 1.58 bits per heavy atom. The summed E-state index contributed by atoms with van der Waals surface area (Å²) in [6.45, 7) is 2.79. The van der Waals surface area contributed by atoms with E-state index in [2.05, 4.69) is 10.3 Å². The van der Waals surface area contributed by atoms with Crippen LogP contribution < -0.4 is 9.62 Å². The first-order valence-corrected chi connectivity index (χ1v) is 9.87. The van der Waals surface area contributed by atoms with Crippen LogP contribution in [0.3, 0.4) is 0 Å². The maximum Gasteiger partial charge on any atom is 0.265 e. The molecule has 6 heteroatoms. The first-order valence-electron chi connectivity index (χ1n) is 8.43. The Labute approximate surface area is 154 Å². The van der Waals surface area contributed by atoms with Crippen molar-refractivity contribution in [3.05, 3.63) is 84.6 Å². The lowest BCUT2D eigenvalue weighted by molar-refractivity contribution is 0.591. The number of aromatic nitrogens is 1. The quantitative estimate of drug-likeness (QED) is 0.688. The van der Waals surface area contributed by atoms with Gasteiger partial charge in [-0.2, -0.15) is 0 Å². The number of anilines is 2. The van der Waals surface area contributed by atoms with E-state index in [1.54, 1.807) is 24.3 Å². The predicted octanol–water partition coefficient (Wildman–Crippen LogP) is 3.91. The van der Waals surface area contributed by atoms with E-state index in [0.29, 0.717) is 24.6 Å². The van der Waals surface area contributed by atoms with Gasteiger partial charge in [-0.25, -0.2) is 13.4 Å². The van der Waals surface area contributed by atoms with Crippen LogP contribution in [0.2, 0.25) is 0 Å². The number of nitrogens with one attached hydrogen (secondary N) is 1. The van der Waals surface area contributed by atoms with Crippen molar-refractivity contribution in [2.75, 3.05) is 16.2 Å². The molecule has 0 fully saturated rings. The third-order valence-corrected chi connectivity index (χ3v) is 5.86. The fraction of sp³-hybridized carbons (Fsp3) is 0.150. The van der Waals surface area contributed by atoms with Crippen molar-refractivity contribution >= 4 is 21.5 Å². The molecule has 0 bridgehead atoms. The lowest BCUT2D eigenvalue weighted by Crippen LogP contribution is -2.30. The van der Waals surface area contributed by atoms with E-state index in [-0.39, 0.29) is 4.90 Å². The zero-order valence-electron chi connectivity index (χ0n) is 14.5. The number of para-hydroxylation sites is 1. The van der Waals surface area contributed by atoms with Gasteiger partial charge in [0.2, 0.25) is 0 Å². The molecule has 1 heterocycles. The van der Waals surface area contributed by atoms with Crippen molar-refractivity contribution < 1.29 is 8.42 Å². The maximum absolute atomic E-state index is 12.9. The van der Waals surface area contributed by atoms with Crippen molar-refractivity contribution in [1.29, 1.82) is 0 Å². The number of nitrogens with zero attached hydrogens (tertiary/aromatic N) is 2. The van der Waals surface area contributed by atoms with E-state index >= 15 is 0 Å². The molecule has 26 heavy (non-hydrogen) atoms. The second-order valence-corrected chi connectivity index (χ2v) is 7.59. The molecule has 3 aromatic rings. The van der Waals surface area contributed by atoms with Crippen LogP contribution in [0.4, 0.5) is 11.5 Å². The van der Waals surface area contributed by atoms with Gasteiger partial charge in [0.15, 0.2) is 0 Å². The summed E-state index contributed by atoms with van der Waals surface area (Å²) in [5.74, 6) is 0.635. The van der Waals surface area contributed by atoms with Crippen molar-refractivity contribution in [2.24, 2.45) is 0 Å². The third-order valence-electron chi connectivity index (χ3n) is 3.97. The van der Waals surface area contributed by atoms with E-state index in [9.17, 15) is 8.42 Å².